The number of benzene rings is 1. The number of aromatic nitrogens is 1. The van der Waals surface area contributed by atoms with Gasteiger partial charge in [0.15, 0.2) is 0 Å². The molecule has 0 aliphatic rings. The number of phenolic OH excluding ortho intramolecular Hbond substituents is 1. The third-order valence-corrected chi connectivity index (χ3v) is 3.94. The minimum absolute atomic E-state index is 0.0151. The van der Waals surface area contributed by atoms with Crippen LogP contribution in [0.3, 0.4) is 0 Å². The number of amides is 2. The van der Waals surface area contributed by atoms with Gasteiger partial charge in [-0.2, -0.15) is 0 Å². The Morgan fingerprint density at radius 3 is 2.44 bits per heavy atom. The van der Waals surface area contributed by atoms with Crippen molar-refractivity contribution in [2.45, 2.75) is 13.8 Å². The number of nitrogens with zero attached hydrogens (tertiary/aromatic N) is 1. The standard InChI is InChI=1S/C19H23N3O5/c1-11-8-16(23)15(18(24)20-5-6-26-3)9-14(11)19(25)22-17-12(2)7-13(27-4)10-21-17/h7-10,23H,5-6H2,1-4H3,(H,20,24)(H,21,22,25). The van der Waals surface area contributed by atoms with E-state index in [-0.39, 0.29) is 16.9 Å². The fraction of sp³-hybridized carbons (Fsp3) is 0.316. The van der Waals surface area contributed by atoms with E-state index in [1.165, 1.54) is 32.5 Å². The first-order valence-corrected chi connectivity index (χ1v) is 8.30. The molecule has 0 spiro atoms. The molecule has 0 unspecified atom stereocenters. The third-order valence-electron chi connectivity index (χ3n) is 3.94. The number of methoxy groups -OCH3 is 2. The van der Waals surface area contributed by atoms with Gasteiger partial charge in [0.25, 0.3) is 11.8 Å². The molecule has 1 aromatic heterocycles. The summed E-state index contributed by atoms with van der Waals surface area (Å²) >= 11 is 0. The molecule has 2 aromatic rings. The largest absolute Gasteiger partial charge is 0.507 e. The second-order valence-electron chi connectivity index (χ2n) is 5.93. The van der Waals surface area contributed by atoms with Gasteiger partial charge < -0.3 is 25.2 Å². The number of pyridine rings is 1. The summed E-state index contributed by atoms with van der Waals surface area (Å²) in [6.07, 6.45) is 1.50. The van der Waals surface area contributed by atoms with Gasteiger partial charge in [0.05, 0.1) is 25.5 Å². The summed E-state index contributed by atoms with van der Waals surface area (Å²) in [7, 11) is 3.06. The number of aromatic hydroxyl groups is 1. The fourth-order valence-corrected chi connectivity index (χ4v) is 2.45. The molecule has 0 aliphatic carbocycles. The van der Waals surface area contributed by atoms with Crippen LogP contribution in [-0.4, -0.2) is 49.3 Å². The Hall–Kier alpha value is -3.13. The first-order valence-electron chi connectivity index (χ1n) is 8.30. The average molecular weight is 373 g/mol. The first-order chi connectivity index (χ1) is 12.9. The van der Waals surface area contributed by atoms with E-state index in [1.54, 1.807) is 19.9 Å². The summed E-state index contributed by atoms with van der Waals surface area (Å²) in [5.74, 6) is -0.144. The second kappa shape index (κ2) is 9.00. The van der Waals surface area contributed by atoms with Gasteiger partial charge in [-0.15, -0.1) is 0 Å². The molecule has 8 heteroatoms. The summed E-state index contributed by atoms with van der Waals surface area (Å²) in [6, 6.07) is 4.50. The second-order valence-corrected chi connectivity index (χ2v) is 5.93. The molecule has 0 fully saturated rings. The van der Waals surface area contributed by atoms with E-state index in [4.69, 9.17) is 9.47 Å². The van der Waals surface area contributed by atoms with E-state index in [0.29, 0.717) is 30.3 Å². The smallest absolute Gasteiger partial charge is 0.257 e. The summed E-state index contributed by atoms with van der Waals surface area (Å²) in [5, 5.41) is 15.4. The minimum atomic E-state index is -0.489. The Morgan fingerprint density at radius 1 is 1.07 bits per heavy atom. The van der Waals surface area contributed by atoms with Crippen molar-refractivity contribution in [2.24, 2.45) is 0 Å². The number of rotatable bonds is 7. The quantitative estimate of drug-likeness (QED) is 0.641. The highest BCUT2D eigenvalue weighted by Gasteiger charge is 2.18. The zero-order valence-electron chi connectivity index (χ0n) is 15.8. The van der Waals surface area contributed by atoms with E-state index >= 15 is 0 Å². The summed E-state index contributed by atoms with van der Waals surface area (Å²) < 4.78 is 9.97. The first kappa shape index (κ1) is 20.2. The number of anilines is 1. The Balaban J connectivity index is 2.25. The van der Waals surface area contributed by atoms with Crippen molar-refractivity contribution in [3.8, 4) is 11.5 Å². The molecule has 0 saturated carbocycles. The van der Waals surface area contributed by atoms with Crippen molar-refractivity contribution in [2.75, 3.05) is 32.7 Å². The highest BCUT2D eigenvalue weighted by atomic mass is 16.5. The minimum Gasteiger partial charge on any atom is -0.507 e. The molecule has 8 nitrogen and oxygen atoms in total. The van der Waals surface area contributed by atoms with Gasteiger partial charge >= 0.3 is 0 Å². The Kier molecular flexibility index (Phi) is 6.73. The summed E-state index contributed by atoms with van der Waals surface area (Å²) in [6.45, 7) is 4.10. The highest BCUT2D eigenvalue weighted by Crippen LogP contribution is 2.24. The van der Waals surface area contributed by atoms with Crippen molar-refractivity contribution in [1.29, 1.82) is 0 Å². The van der Waals surface area contributed by atoms with Crippen LogP contribution in [0.15, 0.2) is 24.4 Å². The molecular formula is C19H23N3O5. The number of nitrogens with one attached hydrogen (secondary N) is 2. The average Bonchev–Trinajstić information content (AvgIpc) is 2.63. The van der Waals surface area contributed by atoms with Gasteiger partial charge in [-0.05, 0) is 43.2 Å². The van der Waals surface area contributed by atoms with Crippen molar-refractivity contribution >= 4 is 17.6 Å². The Labute approximate surface area is 157 Å². The molecule has 0 bridgehead atoms. The molecule has 1 aromatic carbocycles. The van der Waals surface area contributed by atoms with E-state index in [2.05, 4.69) is 15.6 Å². The normalized spacial score (nSPS) is 10.4. The SMILES string of the molecule is COCCNC(=O)c1cc(C(=O)Nc2ncc(OC)cc2C)c(C)cc1O. The zero-order chi connectivity index (χ0) is 20.0. The molecule has 2 rings (SSSR count). The Morgan fingerprint density at radius 2 is 1.81 bits per heavy atom. The van der Waals surface area contributed by atoms with Gasteiger partial charge in [0.1, 0.15) is 17.3 Å². The van der Waals surface area contributed by atoms with Crippen LogP contribution in [0.4, 0.5) is 5.82 Å². The van der Waals surface area contributed by atoms with Crippen LogP contribution < -0.4 is 15.4 Å². The van der Waals surface area contributed by atoms with E-state index in [9.17, 15) is 14.7 Å². The maximum Gasteiger partial charge on any atom is 0.257 e. The van der Waals surface area contributed by atoms with Crippen LogP contribution in [0.25, 0.3) is 0 Å². The van der Waals surface area contributed by atoms with Crippen LogP contribution in [0.2, 0.25) is 0 Å². The number of carbonyl (C=O) groups is 2. The maximum absolute atomic E-state index is 12.7. The molecule has 1 heterocycles. The van der Waals surface area contributed by atoms with Gasteiger partial charge in [-0.1, -0.05) is 0 Å². The molecule has 27 heavy (non-hydrogen) atoms. The molecule has 0 aliphatic heterocycles. The fourth-order valence-electron chi connectivity index (χ4n) is 2.45. The molecule has 144 valence electrons. The van der Waals surface area contributed by atoms with Gasteiger partial charge in [0.2, 0.25) is 0 Å². The van der Waals surface area contributed by atoms with Crippen LogP contribution >= 0.6 is 0 Å². The van der Waals surface area contributed by atoms with Crippen molar-refractivity contribution < 1.29 is 24.2 Å². The topological polar surface area (TPSA) is 110 Å². The lowest BCUT2D eigenvalue weighted by atomic mass is 10.0. The molecule has 0 saturated heterocycles. The summed E-state index contributed by atoms with van der Waals surface area (Å²) in [4.78, 5) is 29.1. The van der Waals surface area contributed by atoms with Crippen molar-refractivity contribution in [3.05, 3.63) is 46.6 Å². The van der Waals surface area contributed by atoms with Gasteiger partial charge in [-0.3, -0.25) is 9.59 Å². The maximum atomic E-state index is 12.7. The van der Waals surface area contributed by atoms with E-state index < -0.39 is 11.8 Å². The predicted octanol–water partition coefficient (Wildman–Crippen LogP) is 2.04. The Bertz CT molecular complexity index is 851. The van der Waals surface area contributed by atoms with Crippen LogP contribution in [0.5, 0.6) is 11.5 Å². The number of phenols is 1. The van der Waals surface area contributed by atoms with Crippen LogP contribution in [-0.2, 0) is 4.74 Å². The highest BCUT2D eigenvalue weighted by molar-refractivity contribution is 6.07. The van der Waals surface area contributed by atoms with Crippen molar-refractivity contribution in [1.82, 2.24) is 10.3 Å². The van der Waals surface area contributed by atoms with Crippen molar-refractivity contribution in [3.63, 3.8) is 0 Å². The molecule has 2 amide bonds. The molecule has 0 radical (unpaired) electrons. The lowest BCUT2D eigenvalue weighted by molar-refractivity contribution is 0.0934. The van der Waals surface area contributed by atoms with E-state index in [0.717, 1.165) is 5.56 Å². The van der Waals surface area contributed by atoms with Crippen LogP contribution in [0.1, 0.15) is 31.8 Å². The number of ether oxygens (including phenoxy) is 2. The summed E-state index contributed by atoms with van der Waals surface area (Å²) in [5.41, 5.74) is 1.55. The van der Waals surface area contributed by atoms with E-state index in [1.807, 2.05) is 0 Å². The number of hydrogen-bond donors (Lipinski definition) is 3. The molecular weight excluding hydrogens is 350 g/mol. The number of hydrogen-bond acceptors (Lipinski definition) is 6. The lowest BCUT2D eigenvalue weighted by Gasteiger charge is -2.13. The monoisotopic (exact) mass is 373 g/mol. The zero-order valence-corrected chi connectivity index (χ0v) is 15.8. The lowest BCUT2D eigenvalue weighted by Crippen LogP contribution is -2.27. The molecule has 3 N–H and O–H groups in total. The number of aryl methyl sites for hydroxylation is 2. The third kappa shape index (κ3) is 4.95. The predicted molar refractivity (Wildman–Crippen MR) is 101 cm³/mol. The van der Waals surface area contributed by atoms with Crippen LogP contribution in [0, 0.1) is 13.8 Å². The van der Waals surface area contributed by atoms with Gasteiger partial charge in [-0.25, -0.2) is 4.98 Å². The van der Waals surface area contributed by atoms with Gasteiger partial charge in [0, 0.05) is 19.2 Å². The number of carbonyl (C=O) groups excluding carboxylic acids is 2. The molecule has 0 atom stereocenters.